The SMILES string of the molecule is CCc1ccc(CN(Cc2cnn(C)c2C)C(=O)CCl)cc1. The van der Waals surface area contributed by atoms with Crippen LogP contribution in [0.2, 0.25) is 0 Å². The second-order valence-corrected chi connectivity index (χ2v) is 5.70. The molecular weight excluding hydrogens is 298 g/mol. The van der Waals surface area contributed by atoms with Crippen LogP contribution < -0.4 is 0 Å². The maximum Gasteiger partial charge on any atom is 0.238 e. The molecule has 0 saturated heterocycles. The lowest BCUT2D eigenvalue weighted by molar-refractivity contribution is -0.129. The molecule has 0 aliphatic heterocycles. The highest BCUT2D eigenvalue weighted by atomic mass is 35.5. The smallest absolute Gasteiger partial charge is 0.238 e. The molecule has 0 bridgehead atoms. The van der Waals surface area contributed by atoms with Crippen molar-refractivity contribution in [3.63, 3.8) is 0 Å². The van der Waals surface area contributed by atoms with Gasteiger partial charge < -0.3 is 4.90 Å². The number of aryl methyl sites for hydroxylation is 2. The Morgan fingerprint density at radius 2 is 1.86 bits per heavy atom. The van der Waals surface area contributed by atoms with Crippen LogP contribution in [0.1, 0.15) is 29.3 Å². The summed E-state index contributed by atoms with van der Waals surface area (Å²) in [5.74, 6) is -0.0729. The normalized spacial score (nSPS) is 10.7. The molecular formula is C17H22ClN3O. The predicted molar refractivity (Wildman–Crippen MR) is 88.7 cm³/mol. The Hall–Kier alpha value is -1.81. The first-order chi connectivity index (χ1) is 10.5. The third-order valence-corrected chi connectivity index (χ3v) is 4.20. The van der Waals surface area contributed by atoms with Crippen molar-refractivity contribution in [2.75, 3.05) is 5.88 Å². The first-order valence-corrected chi connectivity index (χ1v) is 7.97. The number of hydrogen-bond donors (Lipinski definition) is 0. The van der Waals surface area contributed by atoms with E-state index in [0.717, 1.165) is 23.2 Å². The fourth-order valence-corrected chi connectivity index (χ4v) is 2.49. The second kappa shape index (κ2) is 7.45. The fourth-order valence-electron chi connectivity index (χ4n) is 2.32. The Bertz CT molecular complexity index is 634. The molecule has 1 aromatic carbocycles. The average molecular weight is 320 g/mol. The number of nitrogens with zero attached hydrogens (tertiary/aromatic N) is 3. The zero-order chi connectivity index (χ0) is 16.1. The number of aromatic nitrogens is 2. The Balaban J connectivity index is 2.15. The summed E-state index contributed by atoms with van der Waals surface area (Å²) in [5.41, 5.74) is 4.51. The average Bonchev–Trinajstić information content (AvgIpc) is 2.86. The molecule has 0 fully saturated rings. The van der Waals surface area contributed by atoms with E-state index in [0.29, 0.717) is 13.1 Å². The number of alkyl halides is 1. The summed E-state index contributed by atoms with van der Waals surface area (Å²) in [6, 6.07) is 8.36. The minimum absolute atomic E-state index is 0.00759. The van der Waals surface area contributed by atoms with Crippen LogP contribution >= 0.6 is 11.6 Å². The number of benzene rings is 1. The van der Waals surface area contributed by atoms with Crippen LogP contribution in [-0.4, -0.2) is 26.5 Å². The number of rotatable bonds is 6. The maximum absolute atomic E-state index is 12.1. The Kier molecular flexibility index (Phi) is 5.61. The molecule has 1 amide bonds. The summed E-state index contributed by atoms with van der Waals surface area (Å²) in [6.07, 6.45) is 2.82. The fraction of sp³-hybridized carbons (Fsp3) is 0.412. The monoisotopic (exact) mass is 319 g/mol. The minimum Gasteiger partial charge on any atom is -0.333 e. The summed E-state index contributed by atoms with van der Waals surface area (Å²) in [4.78, 5) is 13.9. The standard InChI is InChI=1S/C17H22ClN3O/c1-4-14-5-7-15(8-6-14)11-21(17(22)9-18)12-16-10-19-20(3)13(16)2/h5-8,10H,4,9,11-12H2,1-3H3. The van der Waals surface area contributed by atoms with E-state index in [9.17, 15) is 4.79 Å². The lowest BCUT2D eigenvalue weighted by atomic mass is 10.1. The number of amides is 1. The Morgan fingerprint density at radius 1 is 1.23 bits per heavy atom. The van der Waals surface area contributed by atoms with Gasteiger partial charge in [-0.1, -0.05) is 31.2 Å². The van der Waals surface area contributed by atoms with Crippen molar-refractivity contribution in [1.29, 1.82) is 0 Å². The molecule has 5 heteroatoms. The largest absolute Gasteiger partial charge is 0.333 e. The van der Waals surface area contributed by atoms with Gasteiger partial charge in [-0.05, 0) is 24.5 Å². The van der Waals surface area contributed by atoms with Gasteiger partial charge in [-0.3, -0.25) is 9.48 Å². The molecule has 4 nitrogen and oxygen atoms in total. The van der Waals surface area contributed by atoms with Crippen LogP contribution in [0.4, 0.5) is 0 Å². The molecule has 0 radical (unpaired) electrons. The maximum atomic E-state index is 12.1. The number of halogens is 1. The van der Waals surface area contributed by atoms with E-state index in [1.807, 2.05) is 24.9 Å². The zero-order valence-corrected chi connectivity index (χ0v) is 14.1. The van der Waals surface area contributed by atoms with Crippen molar-refractivity contribution >= 4 is 17.5 Å². The highest BCUT2D eigenvalue weighted by Crippen LogP contribution is 2.14. The van der Waals surface area contributed by atoms with Gasteiger partial charge >= 0.3 is 0 Å². The summed E-state index contributed by atoms with van der Waals surface area (Å²) in [7, 11) is 1.90. The predicted octanol–water partition coefficient (Wildman–Crippen LogP) is 3.06. The van der Waals surface area contributed by atoms with Gasteiger partial charge in [-0.25, -0.2) is 0 Å². The van der Waals surface area contributed by atoms with Crippen molar-refractivity contribution in [3.8, 4) is 0 Å². The van der Waals surface area contributed by atoms with E-state index in [-0.39, 0.29) is 11.8 Å². The first kappa shape index (κ1) is 16.6. The molecule has 0 aliphatic carbocycles. The van der Waals surface area contributed by atoms with Gasteiger partial charge in [-0.15, -0.1) is 11.6 Å². The molecule has 1 heterocycles. The number of hydrogen-bond acceptors (Lipinski definition) is 2. The quantitative estimate of drug-likeness (QED) is 0.767. The first-order valence-electron chi connectivity index (χ1n) is 7.44. The molecule has 0 aliphatic rings. The summed E-state index contributed by atoms with van der Waals surface area (Å²) in [5, 5.41) is 4.23. The zero-order valence-electron chi connectivity index (χ0n) is 13.3. The van der Waals surface area contributed by atoms with E-state index >= 15 is 0 Å². The molecule has 1 aromatic heterocycles. The molecule has 2 aromatic rings. The third kappa shape index (κ3) is 3.89. The van der Waals surface area contributed by atoms with Crippen LogP contribution in [0.25, 0.3) is 0 Å². The summed E-state index contributed by atoms with van der Waals surface area (Å²) < 4.78 is 1.81. The molecule has 0 N–H and O–H groups in total. The molecule has 118 valence electrons. The van der Waals surface area contributed by atoms with Crippen molar-refractivity contribution in [3.05, 3.63) is 52.8 Å². The molecule has 22 heavy (non-hydrogen) atoms. The van der Waals surface area contributed by atoms with Gasteiger partial charge in [0.15, 0.2) is 0 Å². The molecule has 0 unspecified atom stereocenters. The van der Waals surface area contributed by atoms with Crippen molar-refractivity contribution in [2.45, 2.75) is 33.4 Å². The molecule has 0 spiro atoms. The topological polar surface area (TPSA) is 38.1 Å². The second-order valence-electron chi connectivity index (χ2n) is 5.43. The van der Waals surface area contributed by atoms with Gasteiger partial charge in [0.2, 0.25) is 5.91 Å². The van der Waals surface area contributed by atoms with Crippen LogP contribution in [0.15, 0.2) is 30.5 Å². The number of carbonyl (C=O) groups is 1. The lowest BCUT2D eigenvalue weighted by Crippen LogP contribution is -2.31. The Labute approximate surface area is 136 Å². The molecule has 0 atom stereocenters. The van der Waals surface area contributed by atoms with E-state index < -0.39 is 0 Å². The van der Waals surface area contributed by atoms with Crippen LogP contribution in [0.3, 0.4) is 0 Å². The van der Waals surface area contributed by atoms with Gasteiger partial charge in [0, 0.05) is 31.4 Å². The highest BCUT2D eigenvalue weighted by molar-refractivity contribution is 6.27. The summed E-state index contributed by atoms with van der Waals surface area (Å²) in [6.45, 7) is 5.22. The summed E-state index contributed by atoms with van der Waals surface area (Å²) >= 11 is 5.76. The van der Waals surface area contributed by atoms with Crippen LogP contribution in [0, 0.1) is 6.92 Å². The van der Waals surface area contributed by atoms with Crippen LogP contribution in [0.5, 0.6) is 0 Å². The van der Waals surface area contributed by atoms with Crippen molar-refractivity contribution in [1.82, 2.24) is 14.7 Å². The Morgan fingerprint density at radius 3 is 2.36 bits per heavy atom. The molecule has 0 saturated carbocycles. The third-order valence-electron chi connectivity index (χ3n) is 3.97. The van der Waals surface area contributed by atoms with Crippen molar-refractivity contribution < 1.29 is 4.79 Å². The van der Waals surface area contributed by atoms with E-state index in [1.54, 1.807) is 4.90 Å². The highest BCUT2D eigenvalue weighted by Gasteiger charge is 2.16. The molecule has 2 rings (SSSR count). The minimum atomic E-state index is -0.0653. The number of carbonyl (C=O) groups excluding carboxylic acids is 1. The van der Waals surface area contributed by atoms with Gasteiger partial charge in [-0.2, -0.15) is 5.10 Å². The van der Waals surface area contributed by atoms with Gasteiger partial charge in [0.25, 0.3) is 0 Å². The van der Waals surface area contributed by atoms with Gasteiger partial charge in [0.05, 0.1) is 6.20 Å². The van der Waals surface area contributed by atoms with Crippen molar-refractivity contribution in [2.24, 2.45) is 7.05 Å². The lowest BCUT2D eigenvalue weighted by Gasteiger charge is -2.22. The van der Waals surface area contributed by atoms with E-state index in [1.165, 1.54) is 5.56 Å². The van der Waals surface area contributed by atoms with E-state index in [2.05, 4.69) is 36.3 Å². The van der Waals surface area contributed by atoms with Crippen LogP contribution in [-0.2, 0) is 31.4 Å². The van der Waals surface area contributed by atoms with Gasteiger partial charge in [0.1, 0.15) is 5.88 Å². The van der Waals surface area contributed by atoms with E-state index in [4.69, 9.17) is 11.6 Å².